The molecule has 0 saturated carbocycles. The van der Waals surface area contributed by atoms with Crippen molar-refractivity contribution in [1.82, 2.24) is 16.0 Å². The van der Waals surface area contributed by atoms with E-state index in [-0.39, 0.29) is 5.75 Å². The van der Waals surface area contributed by atoms with E-state index in [9.17, 15) is 19.2 Å². The Labute approximate surface area is 156 Å². The van der Waals surface area contributed by atoms with Gasteiger partial charge in [-0.3, -0.25) is 19.2 Å². The summed E-state index contributed by atoms with van der Waals surface area (Å²) in [6.07, 6.45) is 2.38. The summed E-state index contributed by atoms with van der Waals surface area (Å²) in [5.41, 5.74) is 5.72. The number of carbonyl (C=O) groups is 4. The molecule has 3 amide bonds. The minimum Gasteiger partial charge on any atom is -0.480 e. The first-order valence-corrected chi connectivity index (χ1v) is 9.65. The third-order valence-electron chi connectivity index (χ3n) is 3.27. The van der Waals surface area contributed by atoms with Gasteiger partial charge in [0.05, 0.1) is 6.04 Å². The Morgan fingerprint density at radius 1 is 1.04 bits per heavy atom. The molecule has 0 heterocycles. The molecule has 0 rings (SSSR count). The monoisotopic (exact) mass is 394 g/mol. The van der Waals surface area contributed by atoms with Crippen LogP contribution in [-0.2, 0) is 19.2 Å². The predicted octanol–water partition coefficient (Wildman–Crippen LogP) is -1.42. The molecule has 9 nitrogen and oxygen atoms in total. The Balaban J connectivity index is 4.58. The van der Waals surface area contributed by atoms with Crippen LogP contribution in [0.3, 0.4) is 0 Å². The number of carboxylic acid groups (broad SMARTS) is 1. The predicted molar refractivity (Wildman–Crippen MR) is 99.6 cm³/mol. The smallest absolute Gasteiger partial charge is 0.325 e. The Morgan fingerprint density at radius 3 is 2.08 bits per heavy atom. The highest BCUT2D eigenvalue weighted by atomic mass is 32.2. The zero-order valence-corrected chi connectivity index (χ0v) is 16.2. The van der Waals surface area contributed by atoms with Gasteiger partial charge in [-0.05, 0) is 32.3 Å². The van der Waals surface area contributed by atoms with Gasteiger partial charge in [-0.15, -0.1) is 0 Å². The van der Waals surface area contributed by atoms with Crippen LogP contribution in [0.4, 0.5) is 0 Å². The highest BCUT2D eigenvalue weighted by Gasteiger charge is 2.26. The first kappa shape index (κ1) is 23.5. The largest absolute Gasteiger partial charge is 0.480 e. The van der Waals surface area contributed by atoms with Gasteiger partial charge in [0.15, 0.2) is 0 Å². The summed E-state index contributed by atoms with van der Waals surface area (Å²) < 4.78 is 0. The molecular weight excluding hydrogens is 368 g/mol. The number of aliphatic carboxylic acids is 1. The molecule has 0 aromatic carbocycles. The van der Waals surface area contributed by atoms with E-state index in [1.54, 1.807) is 11.8 Å². The van der Waals surface area contributed by atoms with Crippen LogP contribution < -0.4 is 21.7 Å². The molecule has 0 radical (unpaired) electrons. The fourth-order valence-corrected chi connectivity index (χ4v) is 2.38. The number of nitrogens with two attached hydrogens (primary N) is 1. The molecule has 0 aliphatic carbocycles. The number of rotatable bonds is 11. The lowest BCUT2D eigenvalue weighted by Crippen LogP contribution is -2.56. The van der Waals surface area contributed by atoms with E-state index in [2.05, 4.69) is 28.6 Å². The lowest BCUT2D eigenvalue weighted by atomic mass is 10.2. The molecule has 11 heteroatoms. The van der Waals surface area contributed by atoms with Crippen molar-refractivity contribution in [3.63, 3.8) is 0 Å². The molecule has 0 aromatic rings. The van der Waals surface area contributed by atoms with Crippen molar-refractivity contribution < 1.29 is 24.3 Å². The Hall–Kier alpha value is -1.46. The zero-order valence-electron chi connectivity index (χ0n) is 14.4. The van der Waals surface area contributed by atoms with E-state index in [0.717, 1.165) is 5.75 Å². The second-order valence-electron chi connectivity index (χ2n) is 5.43. The minimum absolute atomic E-state index is 0.0299. The van der Waals surface area contributed by atoms with Crippen molar-refractivity contribution in [3.8, 4) is 0 Å². The van der Waals surface area contributed by atoms with Gasteiger partial charge < -0.3 is 26.8 Å². The summed E-state index contributed by atoms with van der Waals surface area (Å²) in [5.74, 6) is -2.23. The lowest BCUT2D eigenvalue weighted by molar-refractivity contribution is -0.141. The Bertz CT molecular complexity index is 492. The topological polar surface area (TPSA) is 151 Å². The molecular formula is C14H26N4O5S2. The van der Waals surface area contributed by atoms with Gasteiger partial charge in [0, 0.05) is 5.75 Å². The summed E-state index contributed by atoms with van der Waals surface area (Å²) in [6, 6.07) is -3.75. The molecule has 0 aliphatic heterocycles. The Morgan fingerprint density at radius 2 is 1.60 bits per heavy atom. The van der Waals surface area contributed by atoms with Gasteiger partial charge in [0.25, 0.3) is 0 Å². The molecule has 4 unspecified atom stereocenters. The molecule has 0 aliphatic rings. The van der Waals surface area contributed by atoms with E-state index in [1.165, 1.54) is 13.8 Å². The number of thioether (sulfide) groups is 1. The Kier molecular flexibility index (Phi) is 11.3. The second kappa shape index (κ2) is 12.0. The van der Waals surface area contributed by atoms with E-state index < -0.39 is 47.9 Å². The number of carbonyl (C=O) groups excluding carboxylic acids is 3. The van der Waals surface area contributed by atoms with E-state index in [0.29, 0.717) is 6.42 Å². The molecule has 0 fully saturated rings. The molecule has 25 heavy (non-hydrogen) atoms. The van der Waals surface area contributed by atoms with Gasteiger partial charge in [0.1, 0.15) is 18.1 Å². The highest BCUT2D eigenvalue weighted by Crippen LogP contribution is 1.99. The van der Waals surface area contributed by atoms with Crippen LogP contribution in [0.15, 0.2) is 0 Å². The summed E-state index contributed by atoms with van der Waals surface area (Å²) in [4.78, 5) is 46.7. The van der Waals surface area contributed by atoms with E-state index in [4.69, 9.17) is 10.8 Å². The number of amides is 3. The quantitative estimate of drug-likeness (QED) is 0.235. The van der Waals surface area contributed by atoms with Crippen molar-refractivity contribution in [2.24, 2.45) is 5.73 Å². The first-order valence-electron chi connectivity index (χ1n) is 7.63. The van der Waals surface area contributed by atoms with Crippen LogP contribution in [0.1, 0.15) is 20.3 Å². The van der Waals surface area contributed by atoms with Gasteiger partial charge in [-0.1, -0.05) is 0 Å². The van der Waals surface area contributed by atoms with Crippen molar-refractivity contribution in [2.75, 3.05) is 17.8 Å². The average Bonchev–Trinajstić information content (AvgIpc) is 2.56. The maximum Gasteiger partial charge on any atom is 0.325 e. The van der Waals surface area contributed by atoms with Crippen LogP contribution in [0, 0.1) is 0 Å². The van der Waals surface area contributed by atoms with Crippen molar-refractivity contribution in [2.45, 2.75) is 44.4 Å². The fourth-order valence-electron chi connectivity index (χ4n) is 1.63. The molecule has 0 saturated heterocycles. The SMILES string of the molecule is CSCCC(N)C(=O)NC(C)C(=O)NC(CS)C(=O)NC(C)C(=O)O. The van der Waals surface area contributed by atoms with Gasteiger partial charge in [-0.2, -0.15) is 24.4 Å². The minimum atomic E-state index is -1.20. The normalized spacial score (nSPS) is 15.4. The number of thiol groups is 1. The van der Waals surface area contributed by atoms with Crippen molar-refractivity contribution >= 4 is 48.1 Å². The molecule has 0 spiro atoms. The van der Waals surface area contributed by atoms with Crippen LogP contribution in [-0.4, -0.2) is 70.7 Å². The summed E-state index contributed by atoms with van der Waals surface area (Å²) >= 11 is 5.54. The summed E-state index contributed by atoms with van der Waals surface area (Å²) in [7, 11) is 0. The molecule has 0 bridgehead atoms. The zero-order chi connectivity index (χ0) is 19.6. The molecule has 6 N–H and O–H groups in total. The maximum absolute atomic E-state index is 12.1. The van der Waals surface area contributed by atoms with Crippen LogP contribution in [0.2, 0.25) is 0 Å². The number of hydrogen-bond donors (Lipinski definition) is 6. The van der Waals surface area contributed by atoms with E-state index in [1.807, 2.05) is 6.26 Å². The summed E-state index contributed by atoms with van der Waals surface area (Å²) in [6.45, 7) is 2.76. The van der Waals surface area contributed by atoms with Gasteiger partial charge >= 0.3 is 5.97 Å². The number of hydrogen-bond acceptors (Lipinski definition) is 7. The maximum atomic E-state index is 12.1. The molecule has 4 atom stereocenters. The molecule has 0 aromatic heterocycles. The average molecular weight is 395 g/mol. The van der Waals surface area contributed by atoms with Crippen LogP contribution in [0.25, 0.3) is 0 Å². The van der Waals surface area contributed by atoms with Crippen LogP contribution in [0.5, 0.6) is 0 Å². The van der Waals surface area contributed by atoms with E-state index >= 15 is 0 Å². The molecule has 144 valence electrons. The summed E-state index contributed by atoms with van der Waals surface area (Å²) in [5, 5.41) is 15.9. The van der Waals surface area contributed by atoms with Crippen LogP contribution >= 0.6 is 24.4 Å². The second-order valence-corrected chi connectivity index (χ2v) is 6.78. The number of nitrogens with one attached hydrogen (secondary N) is 3. The number of carboxylic acids is 1. The van der Waals surface area contributed by atoms with Crippen molar-refractivity contribution in [3.05, 3.63) is 0 Å². The van der Waals surface area contributed by atoms with Gasteiger partial charge in [-0.25, -0.2) is 0 Å². The van der Waals surface area contributed by atoms with Crippen molar-refractivity contribution in [1.29, 1.82) is 0 Å². The third-order valence-corrected chi connectivity index (χ3v) is 4.28. The third kappa shape index (κ3) is 8.98. The fraction of sp³-hybridized carbons (Fsp3) is 0.714. The first-order chi connectivity index (χ1) is 11.6. The van der Waals surface area contributed by atoms with Gasteiger partial charge in [0.2, 0.25) is 17.7 Å². The lowest BCUT2D eigenvalue weighted by Gasteiger charge is -2.21. The highest BCUT2D eigenvalue weighted by molar-refractivity contribution is 7.98. The standard InChI is InChI=1S/C14H26N4O5S2/c1-7(16-12(20)9(15)4-5-25-3)11(19)18-10(6-24)13(21)17-8(2)14(22)23/h7-10,24H,4-6,15H2,1-3H3,(H,16,20)(H,17,21)(H,18,19)(H,22,23).